The van der Waals surface area contributed by atoms with Crippen LogP contribution in [0.5, 0.6) is 0 Å². The van der Waals surface area contributed by atoms with Gasteiger partial charge >= 0.3 is 0 Å². The maximum absolute atomic E-state index is 12.2. The lowest BCUT2D eigenvalue weighted by atomic mass is 10.2. The molecule has 8 heteroatoms. The summed E-state index contributed by atoms with van der Waals surface area (Å²) in [6.07, 6.45) is 1.31. The second-order valence-electron chi connectivity index (χ2n) is 4.43. The first-order valence-electron chi connectivity index (χ1n) is 6.22. The van der Waals surface area contributed by atoms with Gasteiger partial charge in [0.2, 0.25) is 5.82 Å². The fraction of sp³-hybridized carbons (Fsp3) is 0.333. The Morgan fingerprint density at radius 1 is 1.15 bits per heavy atom. The van der Waals surface area contributed by atoms with Gasteiger partial charge in [-0.2, -0.15) is 16.4 Å². The number of piperazine rings is 1. The van der Waals surface area contributed by atoms with E-state index in [2.05, 4.69) is 15.2 Å². The smallest absolute Gasteiger partial charge is 0.291 e. The van der Waals surface area contributed by atoms with E-state index in [9.17, 15) is 9.59 Å². The molecule has 2 aromatic heterocycles. The molecule has 1 N–H and O–H groups in total. The van der Waals surface area contributed by atoms with Crippen molar-refractivity contribution >= 4 is 23.2 Å². The molecule has 0 saturated carbocycles. The van der Waals surface area contributed by atoms with Crippen molar-refractivity contribution in [2.24, 2.45) is 0 Å². The third-order valence-corrected chi connectivity index (χ3v) is 3.92. The number of nitrogens with zero attached hydrogens (tertiary/aromatic N) is 4. The molecule has 0 radical (unpaired) electrons. The van der Waals surface area contributed by atoms with Crippen LogP contribution in [0.2, 0.25) is 0 Å². The first-order valence-corrected chi connectivity index (χ1v) is 7.16. The van der Waals surface area contributed by atoms with Crippen LogP contribution in [0.25, 0.3) is 0 Å². The summed E-state index contributed by atoms with van der Waals surface area (Å²) in [4.78, 5) is 31.5. The summed E-state index contributed by atoms with van der Waals surface area (Å²) < 4.78 is 0. The van der Waals surface area contributed by atoms with E-state index in [4.69, 9.17) is 0 Å². The molecule has 0 spiro atoms. The largest absolute Gasteiger partial charge is 0.335 e. The minimum Gasteiger partial charge on any atom is -0.335 e. The van der Waals surface area contributed by atoms with Crippen LogP contribution in [0.1, 0.15) is 21.0 Å². The lowest BCUT2D eigenvalue weighted by molar-refractivity contribution is 0.0529. The molecule has 104 valence electrons. The molecule has 20 heavy (non-hydrogen) atoms. The first-order chi connectivity index (χ1) is 9.75. The Balaban J connectivity index is 1.60. The van der Waals surface area contributed by atoms with Gasteiger partial charge in [0.05, 0.1) is 5.56 Å². The zero-order chi connectivity index (χ0) is 13.9. The van der Waals surface area contributed by atoms with Gasteiger partial charge in [-0.15, -0.1) is 0 Å². The van der Waals surface area contributed by atoms with Crippen molar-refractivity contribution in [3.8, 4) is 0 Å². The highest BCUT2D eigenvalue weighted by molar-refractivity contribution is 7.08. The molecule has 0 aliphatic carbocycles. The molecular weight excluding hydrogens is 278 g/mol. The van der Waals surface area contributed by atoms with Crippen LogP contribution in [0.3, 0.4) is 0 Å². The standard InChI is InChI=1S/C12H13N5O2S/c18-11(9-1-6-20-7-9)16-2-4-17(5-3-16)12(19)10-13-8-14-15-10/h1,6-8H,2-5H2,(H,13,14,15). The minimum atomic E-state index is -0.176. The van der Waals surface area contributed by atoms with Crippen LogP contribution in [0.15, 0.2) is 23.2 Å². The van der Waals surface area contributed by atoms with E-state index in [-0.39, 0.29) is 17.6 Å². The van der Waals surface area contributed by atoms with Crippen LogP contribution in [0.4, 0.5) is 0 Å². The number of H-pyrrole nitrogens is 1. The molecule has 1 aliphatic heterocycles. The lowest BCUT2D eigenvalue weighted by Gasteiger charge is -2.34. The summed E-state index contributed by atoms with van der Waals surface area (Å²) in [5.41, 5.74) is 0.713. The number of thiophene rings is 1. The quantitative estimate of drug-likeness (QED) is 0.871. The molecule has 2 aromatic rings. The Labute approximate surface area is 119 Å². The average Bonchev–Trinajstić information content (AvgIpc) is 3.18. The van der Waals surface area contributed by atoms with Gasteiger partial charge in [-0.1, -0.05) is 0 Å². The molecular formula is C12H13N5O2S. The Hall–Kier alpha value is -2.22. The number of carbonyl (C=O) groups is 2. The van der Waals surface area contributed by atoms with Gasteiger partial charge in [-0.3, -0.25) is 14.7 Å². The van der Waals surface area contributed by atoms with Gasteiger partial charge in [0, 0.05) is 31.6 Å². The normalized spacial score (nSPS) is 15.4. The van der Waals surface area contributed by atoms with Crippen LogP contribution < -0.4 is 0 Å². The Bertz CT molecular complexity index is 533. The van der Waals surface area contributed by atoms with Crippen molar-refractivity contribution in [3.63, 3.8) is 0 Å². The topological polar surface area (TPSA) is 82.2 Å². The van der Waals surface area contributed by atoms with Gasteiger partial charge < -0.3 is 9.80 Å². The van der Waals surface area contributed by atoms with Gasteiger partial charge in [0.25, 0.3) is 11.8 Å². The number of aromatic nitrogens is 3. The van der Waals surface area contributed by atoms with Crippen molar-refractivity contribution in [3.05, 3.63) is 34.5 Å². The monoisotopic (exact) mass is 291 g/mol. The van der Waals surface area contributed by atoms with Crippen LogP contribution in [0, 0.1) is 0 Å². The van der Waals surface area contributed by atoms with Crippen molar-refractivity contribution in [1.82, 2.24) is 25.0 Å². The van der Waals surface area contributed by atoms with E-state index in [1.165, 1.54) is 17.7 Å². The number of nitrogens with one attached hydrogen (secondary N) is 1. The number of carbonyl (C=O) groups excluding carboxylic acids is 2. The maximum Gasteiger partial charge on any atom is 0.291 e. The van der Waals surface area contributed by atoms with Gasteiger partial charge in [-0.25, -0.2) is 4.98 Å². The maximum atomic E-state index is 12.2. The van der Waals surface area contributed by atoms with Crippen LogP contribution >= 0.6 is 11.3 Å². The molecule has 7 nitrogen and oxygen atoms in total. The second kappa shape index (κ2) is 5.41. The molecule has 0 unspecified atom stereocenters. The zero-order valence-corrected chi connectivity index (χ0v) is 11.5. The fourth-order valence-electron chi connectivity index (χ4n) is 2.14. The lowest BCUT2D eigenvalue weighted by Crippen LogP contribution is -2.50. The van der Waals surface area contributed by atoms with Crippen molar-refractivity contribution in [2.75, 3.05) is 26.2 Å². The van der Waals surface area contributed by atoms with Gasteiger partial charge in [0.1, 0.15) is 6.33 Å². The molecule has 2 amide bonds. The highest BCUT2D eigenvalue weighted by atomic mass is 32.1. The minimum absolute atomic E-state index is 0.0259. The molecule has 3 rings (SSSR count). The molecule has 1 fully saturated rings. The summed E-state index contributed by atoms with van der Waals surface area (Å²) in [5.74, 6) is 0.0887. The summed E-state index contributed by atoms with van der Waals surface area (Å²) >= 11 is 1.50. The molecule has 1 aliphatic rings. The Kier molecular flexibility index (Phi) is 3.46. The molecule has 0 atom stereocenters. The fourth-order valence-corrected chi connectivity index (χ4v) is 2.77. The zero-order valence-electron chi connectivity index (χ0n) is 10.7. The number of rotatable bonds is 2. The van der Waals surface area contributed by atoms with Crippen LogP contribution in [-0.4, -0.2) is 63.0 Å². The Morgan fingerprint density at radius 3 is 2.40 bits per heavy atom. The van der Waals surface area contributed by atoms with Crippen molar-refractivity contribution < 1.29 is 9.59 Å². The SMILES string of the molecule is O=C(c1ccsc1)N1CCN(C(=O)c2ncn[nH]2)CC1. The number of hydrogen-bond donors (Lipinski definition) is 1. The van der Waals surface area contributed by atoms with Crippen LogP contribution in [-0.2, 0) is 0 Å². The summed E-state index contributed by atoms with van der Waals surface area (Å²) in [6, 6.07) is 1.82. The number of amides is 2. The highest BCUT2D eigenvalue weighted by Crippen LogP contribution is 2.12. The van der Waals surface area contributed by atoms with Crippen molar-refractivity contribution in [2.45, 2.75) is 0 Å². The third kappa shape index (κ3) is 2.42. The second-order valence-corrected chi connectivity index (χ2v) is 5.21. The number of aromatic amines is 1. The first kappa shape index (κ1) is 12.8. The summed E-state index contributed by atoms with van der Waals surface area (Å²) in [6.45, 7) is 2.09. The molecule has 3 heterocycles. The molecule has 0 bridgehead atoms. The third-order valence-electron chi connectivity index (χ3n) is 3.24. The predicted molar refractivity (Wildman–Crippen MR) is 72.5 cm³/mol. The highest BCUT2D eigenvalue weighted by Gasteiger charge is 2.26. The van der Waals surface area contributed by atoms with E-state index in [0.717, 1.165) is 0 Å². The number of hydrogen-bond acceptors (Lipinski definition) is 5. The van der Waals surface area contributed by atoms with E-state index in [1.54, 1.807) is 9.80 Å². The average molecular weight is 291 g/mol. The predicted octanol–water partition coefficient (Wildman–Crippen LogP) is 0.464. The van der Waals surface area contributed by atoms with Gasteiger partial charge in [0.15, 0.2) is 0 Å². The van der Waals surface area contributed by atoms with E-state index in [1.807, 2.05) is 16.8 Å². The van der Waals surface area contributed by atoms with E-state index >= 15 is 0 Å². The summed E-state index contributed by atoms with van der Waals surface area (Å²) in [5, 5.41) is 9.95. The Morgan fingerprint density at radius 2 is 1.85 bits per heavy atom. The van der Waals surface area contributed by atoms with Crippen molar-refractivity contribution in [1.29, 1.82) is 0 Å². The molecule has 1 saturated heterocycles. The summed E-state index contributed by atoms with van der Waals surface area (Å²) in [7, 11) is 0. The van der Waals surface area contributed by atoms with Gasteiger partial charge in [-0.05, 0) is 11.4 Å². The van der Waals surface area contributed by atoms with E-state index in [0.29, 0.717) is 31.7 Å². The van der Waals surface area contributed by atoms with E-state index < -0.39 is 0 Å². The molecule has 0 aromatic carbocycles.